The van der Waals surface area contributed by atoms with Gasteiger partial charge in [-0.2, -0.15) is 5.10 Å². The molecule has 2 amide bonds. The second-order valence-electron chi connectivity index (χ2n) is 7.97. The first kappa shape index (κ1) is 21.6. The topological polar surface area (TPSA) is 76.5 Å². The summed E-state index contributed by atoms with van der Waals surface area (Å²) in [5, 5.41) is 7.30. The first-order valence-corrected chi connectivity index (χ1v) is 11.0. The number of carbonyl (C=O) groups is 2. The number of likely N-dealkylation sites (tertiary alicyclic amines) is 1. The van der Waals surface area contributed by atoms with E-state index in [1.165, 1.54) is 0 Å². The van der Waals surface area contributed by atoms with Gasteiger partial charge in [-0.1, -0.05) is 48.5 Å². The Bertz CT molecular complexity index is 1010. The van der Waals surface area contributed by atoms with Crippen LogP contribution < -0.4 is 10.1 Å². The minimum atomic E-state index is -0.0999. The summed E-state index contributed by atoms with van der Waals surface area (Å²) >= 11 is 0. The standard InChI is InChI=1S/C25H28N4O3/c30-24(13-16-32-23-9-5-2-6-10-23)28-14-11-21(12-15-28)25(31)27-22-17-26-29(19-22)18-20-7-3-1-4-8-20/h1-10,17,19,21H,11-16,18H2,(H,27,31). The molecule has 0 radical (unpaired) electrons. The minimum Gasteiger partial charge on any atom is -0.493 e. The zero-order valence-electron chi connectivity index (χ0n) is 18.0. The van der Waals surface area contributed by atoms with Gasteiger partial charge in [0.05, 0.1) is 31.5 Å². The Kier molecular flexibility index (Phi) is 7.17. The van der Waals surface area contributed by atoms with E-state index >= 15 is 0 Å². The fraction of sp³-hybridized carbons (Fsp3) is 0.320. The molecule has 1 aliphatic heterocycles. The number of para-hydroxylation sites is 1. The van der Waals surface area contributed by atoms with Crippen LogP contribution in [-0.2, 0) is 16.1 Å². The Morgan fingerprint density at radius 3 is 2.41 bits per heavy atom. The van der Waals surface area contributed by atoms with Gasteiger partial charge >= 0.3 is 0 Å². The van der Waals surface area contributed by atoms with Crippen LogP contribution in [0.4, 0.5) is 5.69 Å². The van der Waals surface area contributed by atoms with Crippen LogP contribution in [0.5, 0.6) is 5.75 Å². The number of carbonyl (C=O) groups excluding carboxylic acids is 2. The van der Waals surface area contributed by atoms with Crippen molar-refractivity contribution in [1.82, 2.24) is 14.7 Å². The maximum Gasteiger partial charge on any atom is 0.227 e. The van der Waals surface area contributed by atoms with E-state index in [-0.39, 0.29) is 17.7 Å². The van der Waals surface area contributed by atoms with Crippen LogP contribution in [0.2, 0.25) is 0 Å². The highest BCUT2D eigenvalue weighted by atomic mass is 16.5. The Labute approximate surface area is 188 Å². The zero-order valence-corrected chi connectivity index (χ0v) is 18.0. The third-order valence-corrected chi connectivity index (χ3v) is 5.63. The van der Waals surface area contributed by atoms with Crippen LogP contribution in [0.15, 0.2) is 73.1 Å². The SMILES string of the molecule is O=C(Nc1cnn(Cc2ccccc2)c1)C1CCN(C(=O)CCOc2ccccc2)CC1. The predicted octanol–water partition coefficient (Wildman–Crippen LogP) is 3.58. The monoisotopic (exact) mass is 432 g/mol. The molecule has 0 unspecified atom stereocenters. The molecule has 0 spiro atoms. The van der Waals surface area contributed by atoms with E-state index in [1.54, 1.807) is 6.20 Å². The van der Waals surface area contributed by atoms with Crippen LogP contribution in [0.25, 0.3) is 0 Å². The van der Waals surface area contributed by atoms with Gasteiger partial charge in [-0.15, -0.1) is 0 Å². The number of hydrogen-bond acceptors (Lipinski definition) is 4. The maximum absolute atomic E-state index is 12.7. The predicted molar refractivity (Wildman–Crippen MR) is 122 cm³/mol. The highest BCUT2D eigenvalue weighted by Gasteiger charge is 2.27. The number of nitrogens with one attached hydrogen (secondary N) is 1. The van der Waals surface area contributed by atoms with E-state index < -0.39 is 0 Å². The lowest BCUT2D eigenvalue weighted by molar-refractivity contribution is -0.135. The van der Waals surface area contributed by atoms with Gasteiger partial charge in [0, 0.05) is 25.2 Å². The average molecular weight is 433 g/mol. The van der Waals surface area contributed by atoms with Crippen LogP contribution in [-0.4, -0.2) is 46.2 Å². The van der Waals surface area contributed by atoms with Crippen LogP contribution in [0, 0.1) is 5.92 Å². The number of hydrogen-bond donors (Lipinski definition) is 1. The van der Waals surface area contributed by atoms with Crippen molar-refractivity contribution in [2.24, 2.45) is 5.92 Å². The molecule has 1 saturated heterocycles. The van der Waals surface area contributed by atoms with Crippen LogP contribution in [0.3, 0.4) is 0 Å². The third kappa shape index (κ3) is 5.97. The quantitative estimate of drug-likeness (QED) is 0.590. The molecule has 2 aromatic carbocycles. The maximum atomic E-state index is 12.7. The molecule has 1 fully saturated rings. The minimum absolute atomic E-state index is 0.0104. The Hall–Kier alpha value is -3.61. The Morgan fingerprint density at radius 2 is 1.69 bits per heavy atom. The van der Waals surface area contributed by atoms with Gasteiger partial charge < -0.3 is 15.0 Å². The fourth-order valence-corrected chi connectivity index (χ4v) is 3.85. The highest BCUT2D eigenvalue weighted by molar-refractivity contribution is 5.92. The fourth-order valence-electron chi connectivity index (χ4n) is 3.85. The summed E-state index contributed by atoms with van der Waals surface area (Å²) in [5.41, 5.74) is 1.85. The molecular formula is C25H28N4O3. The van der Waals surface area contributed by atoms with E-state index in [9.17, 15) is 9.59 Å². The molecule has 166 valence electrons. The lowest BCUT2D eigenvalue weighted by Crippen LogP contribution is -2.41. The number of ether oxygens (including phenoxy) is 1. The average Bonchev–Trinajstić information content (AvgIpc) is 3.27. The van der Waals surface area contributed by atoms with Gasteiger partial charge in [0.2, 0.25) is 11.8 Å². The highest BCUT2D eigenvalue weighted by Crippen LogP contribution is 2.20. The number of anilines is 1. The molecular weight excluding hydrogens is 404 g/mol. The number of piperidine rings is 1. The summed E-state index contributed by atoms with van der Waals surface area (Å²) in [5.74, 6) is 0.727. The van der Waals surface area contributed by atoms with Crippen molar-refractivity contribution in [3.05, 3.63) is 78.6 Å². The molecule has 7 nitrogen and oxygen atoms in total. The number of aromatic nitrogens is 2. The van der Waals surface area contributed by atoms with Gasteiger partial charge in [-0.25, -0.2) is 0 Å². The first-order chi connectivity index (χ1) is 15.7. The van der Waals surface area contributed by atoms with E-state index in [4.69, 9.17) is 4.74 Å². The normalized spacial score (nSPS) is 14.2. The summed E-state index contributed by atoms with van der Waals surface area (Å²) in [4.78, 5) is 26.9. The second kappa shape index (κ2) is 10.6. The lowest BCUT2D eigenvalue weighted by atomic mass is 9.95. The summed E-state index contributed by atoms with van der Waals surface area (Å²) < 4.78 is 7.42. The lowest BCUT2D eigenvalue weighted by Gasteiger charge is -2.31. The second-order valence-corrected chi connectivity index (χ2v) is 7.97. The largest absolute Gasteiger partial charge is 0.493 e. The molecule has 1 N–H and O–H groups in total. The van der Waals surface area contributed by atoms with Gasteiger partial charge in [0.15, 0.2) is 0 Å². The smallest absolute Gasteiger partial charge is 0.227 e. The van der Waals surface area contributed by atoms with Crippen molar-refractivity contribution in [1.29, 1.82) is 0 Å². The molecule has 0 bridgehead atoms. The molecule has 4 rings (SSSR count). The molecule has 32 heavy (non-hydrogen) atoms. The molecule has 1 aliphatic rings. The molecule has 3 aromatic rings. The van der Waals surface area contributed by atoms with Gasteiger partial charge in [0.25, 0.3) is 0 Å². The van der Waals surface area contributed by atoms with E-state index in [0.29, 0.717) is 51.2 Å². The van der Waals surface area contributed by atoms with Crippen molar-refractivity contribution < 1.29 is 14.3 Å². The van der Waals surface area contributed by atoms with Gasteiger partial charge in [-0.05, 0) is 30.5 Å². The summed E-state index contributed by atoms with van der Waals surface area (Å²) in [6.07, 6.45) is 5.18. The number of benzene rings is 2. The number of nitrogens with zero attached hydrogens (tertiary/aromatic N) is 3. The number of amides is 2. The van der Waals surface area contributed by atoms with Crippen molar-refractivity contribution in [2.75, 3.05) is 25.0 Å². The van der Waals surface area contributed by atoms with Crippen molar-refractivity contribution in [3.63, 3.8) is 0 Å². The van der Waals surface area contributed by atoms with Crippen LogP contribution in [0.1, 0.15) is 24.8 Å². The van der Waals surface area contributed by atoms with Crippen molar-refractivity contribution in [2.45, 2.75) is 25.8 Å². The van der Waals surface area contributed by atoms with E-state index in [2.05, 4.69) is 10.4 Å². The summed E-state index contributed by atoms with van der Waals surface area (Å²) in [6.45, 7) is 2.20. The molecule has 1 aromatic heterocycles. The Morgan fingerprint density at radius 1 is 1.00 bits per heavy atom. The summed E-state index contributed by atoms with van der Waals surface area (Å²) in [6, 6.07) is 19.5. The van der Waals surface area contributed by atoms with Gasteiger partial charge in [-0.3, -0.25) is 14.3 Å². The van der Waals surface area contributed by atoms with E-state index in [1.807, 2.05) is 76.4 Å². The molecule has 7 heteroatoms. The van der Waals surface area contributed by atoms with Crippen molar-refractivity contribution >= 4 is 17.5 Å². The molecule has 2 heterocycles. The summed E-state index contributed by atoms with van der Waals surface area (Å²) in [7, 11) is 0. The molecule has 0 aliphatic carbocycles. The van der Waals surface area contributed by atoms with Crippen molar-refractivity contribution in [3.8, 4) is 5.75 Å². The third-order valence-electron chi connectivity index (χ3n) is 5.63. The Balaban J connectivity index is 1.18. The van der Waals surface area contributed by atoms with Gasteiger partial charge in [0.1, 0.15) is 5.75 Å². The zero-order chi connectivity index (χ0) is 22.2. The number of rotatable bonds is 8. The first-order valence-electron chi connectivity index (χ1n) is 11.0. The molecule has 0 atom stereocenters. The van der Waals surface area contributed by atoms with Crippen LogP contribution >= 0.6 is 0 Å². The molecule has 0 saturated carbocycles. The van der Waals surface area contributed by atoms with E-state index in [0.717, 1.165) is 11.3 Å².